The number of Topliss-reactive ketones (excluding diaryl/α,β-unsaturated/α-hetero) is 1. The minimum absolute atomic E-state index is 0.0509. The molecule has 80 valence electrons. The second-order valence-corrected chi connectivity index (χ2v) is 5.73. The molecule has 1 atom stereocenters. The van der Waals surface area contributed by atoms with Crippen LogP contribution in [0.1, 0.15) is 34.3 Å². The van der Waals surface area contributed by atoms with Gasteiger partial charge in [0.2, 0.25) is 0 Å². The molecular weight excluding hydrogens is 275 g/mol. The third-order valence-corrected chi connectivity index (χ3v) is 3.45. The SMILES string of the molecule is O=C(c1ccc2c(c1)CCCC2)C(Cl)Br. The summed E-state index contributed by atoms with van der Waals surface area (Å²) in [7, 11) is 0. The van der Waals surface area contributed by atoms with Crippen LogP contribution in [0.2, 0.25) is 0 Å². The molecule has 0 heterocycles. The fourth-order valence-corrected chi connectivity index (χ4v) is 2.40. The van der Waals surface area contributed by atoms with E-state index in [1.165, 1.54) is 24.0 Å². The fraction of sp³-hybridized carbons (Fsp3) is 0.417. The first kappa shape index (κ1) is 11.2. The molecule has 0 aromatic heterocycles. The van der Waals surface area contributed by atoms with Crippen molar-refractivity contribution < 1.29 is 4.79 Å². The molecule has 1 aliphatic rings. The van der Waals surface area contributed by atoms with Crippen LogP contribution in [0.15, 0.2) is 18.2 Å². The maximum absolute atomic E-state index is 11.7. The van der Waals surface area contributed by atoms with Crippen molar-refractivity contribution in [1.29, 1.82) is 0 Å². The van der Waals surface area contributed by atoms with Gasteiger partial charge in [0.25, 0.3) is 0 Å². The Morgan fingerprint density at radius 3 is 2.60 bits per heavy atom. The highest BCUT2D eigenvalue weighted by molar-refractivity contribution is 9.10. The highest BCUT2D eigenvalue weighted by Gasteiger charge is 2.16. The van der Waals surface area contributed by atoms with Crippen molar-refractivity contribution in [1.82, 2.24) is 0 Å². The zero-order chi connectivity index (χ0) is 10.8. The summed E-state index contributed by atoms with van der Waals surface area (Å²) in [5.41, 5.74) is 3.42. The van der Waals surface area contributed by atoms with Gasteiger partial charge in [0.05, 0.1) is 0 Å². The second kappa shape index (κ2) is 4.67. The van der Waals surface area contributed by atoms with Gasteiger partial charge >= 0.3 is 0 Å². The van der Waals surface area contributed by atoms with Crippen LogP contribution in [0.5, 0.6) is 0 Å². The summed E-state index contributed by atoms with van der Waals surface area (Å²) in [6.45, 7) is 0. The Hall–Kier alpha value is -0.340. The summed E-state index contributed by atoms with van der Waals surface area (Å²) < 4.78 is -0.612. The minimum atomic E-state index is -0.612. The lowest BCUT2D eigenvalue weighted by atomic mass is 9.90. The lowest BCUT2D eigenvalue weighted by Gasteiger charge is -2.16. The topological polar surface area (TPSA) is 17.1 Å². The number of carbonyl (C=O) groups excluding carboxylic acids is 1. The molecule has 15 heavy (non-hydrogen) atoms. The average Bonchev–Trinajstić information content (AvgIpc) is 2.27. The van der Waals surface area contributed by atoms with E-state index in [4.69, 9.17) is 11.6 Å². The quantitative estimate of drug-likeness (QED) is 0.599. The van der Waals surface area contributed by atoms with E-state index >= 15 is 0 Å². The first-order valence-electron chi connectivity index (χ1n) is 5.12. The first-order valence-corrected chi connectivity index (χ1v) is 6.48. The molecule has 0 bridgehead atoms. The number of rotatable bonds is 2. The summed E-state index contributed by atoms with van der Waals surface area (Å²) in [5, 5.41) is 0. The zero-order valence-electron chi connectivity index (χ0n) is 8.30. The zero-order valence-corrected chi connectivity index (χ0v) is 10.6. The highest BCUT2D eigenvalue weighted by atomic mass is 79.9. The number of alkyl halides is 2. The van der Waals surface area contributed by atoms with Crippen LogP contribution in [-0.2, 0) is 12.8 Å². The van der Waals surface area contributed by atoms with Gasteiger partial charge in [-0.3, -0.25) is 4.79 Å². The number of benzene rings is 1. The van der Waals surface area contributed by atoms with Crippen molar-refractivity contribution in [2.75, 3.05) is 0 Å². The van der Waals surface area contributed by atoms with Crippen molar-refractivity contribution in [3.63, 3.8) is 0 Å². The summed E-state index contributed by atoms with van der Waals surface area (Å²) in [4.78, 5) is 11.7. The molecule has 1 unspecified atom stereocenters. The lowest BCUT2D eigenvalue weighted by molar-refractivity contribution is 0.101. The molecule has 3 heteroatoms. The van der Waals surface area contributed by atoms with Crippen molar-refractivity contribution >= 4 is 33.3 Å². The lowest BCUT2D eigenvalue weighted by Crippen LogP contribution is -2.10. The average molecular weight is 288 g/mol. The Morgan fingerprint density at radius 2 is 1.93 bits per heavy atom. The van der Waals surface area contributed by atoms with Gasteiger partial charge in [-0.2, -0.15) is 0 Å². The predicted molar refractivity (Wildman–Crippen MR) is 66.0 cm³/mol. The Kier molecular flexibility index (Phi) is 3.47. The largest absolute Gasteiger partial charge is 0.292 e. The van der Waals surface area contributed by atoms with E-state index in [1.54, 1.807) is 0 Å². The van der Waals surface area contributed by atoms with E-state index < -0.39 is 4.29 Å². The van der Waals surface area contributed by atoms with Gasteiger partial charge < -0.3 is 0 Å². The van der Waals surface area contributed by atoms with Crippen LogP contribution in [0.3, 0.4) is 0 Å². The number of ketones is 1. The van der Waals surface area contributed by atoms with Crippen LogP contribution < -0.4 is 0 Å². The Balaban J connectivity index is 2.32. The number of hydrogen-bond acceptors (Lipinski definition) is 1. The molecule has 1 aromatic carbocycles. The number of fused-ring (bicyclic) bond motifs is 1. The van der Waals surface area contributed by atoms with E-state index in [0.717, 1.165) is 12.8 Å². The predicted octanol–water partition coefficient (Wildman–Crippen LogP) is 3.71. The summed E-state index contributed by atoms with van der Waals surface area (Å²) in [5.74, 6) is -0.0509. The van der Waals surface area contributed by atoms with Crippen molar-refractivity contribution in [3.8, 4) is 0 Å². The van der Waals surface area contributed by atoms with Crippen LogP contribution in [0.4, 0.5) is 0 Å². The maximum Gasteiger partial charge on any atom is 0.191 e. The van der Waals surface area contributed by atoms with Gasteiger partial charge in [-0.15, -0.1) is 11.6 Å². The molecule has 1 aliphatic carbocycles. The van der Waals surface area contributed by atoms with Crippen molar-refractivity contribution in [2.24, 2.45) is 0 Å². The van der Waals surface area contributed by atoms with Crippen molar-refractivity contribution in [2.45, 2.75) is 30.0 Å². The normalized spacial score (nSPS) is 16.9. The van der Waals surface area contributed by atoms with Gasteiger partial charge in [-0.25, -0.2) is 0 Å². The molecule has 2 rings (SSSR count). The van der Waals surface area contributed by atoms with Gasteiger partial charge in [0.15, 0.2) is 10.1 Å². The van der Waals surface area contributed by atoms with Crippen molar-refractivity contribution in [3.05, 3.63) is 34.9 Å². The van der Waals surface area contributed by atoms with Gasteiger partial charge in [0.1, 0.15) is 0 Å². The molecule has 0 fully saturated rings. The molecule has 0 amide bonds. The second-order valence-electron chi connectivity index (χ2n) is 3.86. The minimum Gasteiger partial charge on any atom is -0.292 e. The monoisotopic (exact) mass is 286 g/mol. The summed E-state index contributed by atoms with van der Waals surface area (Å²) in [6, 6.07) is 5.94. The standard InChI is InChI=1S/C12H12BrClO/c13-12(14)11(15)10-6-5-8-3-1-2-4-9(8)7-10/h5-7,12H,1-4H2. The molecular formula is C12H12BrClO. The first-order chi connectivity index (χ1) is 7.18. The third kappa shape index (κ3) is 2.43. The van der Waals surface area contributed by atoms with E-state index in [9.17, 15) is 4.79 Å². The number of carbonyl (C=O) groups is 1. The summed E-state index contributed by atoms with van der Waals surface area (Å²) in [6.07, 6.45) is 4.72. The van der Waals surface area contributed by atoms with E-state index in [2.05, 4.69) is 22.0 Å². The third-order valence-electron chi connectivity index (χ3n) is 2.83. The number of aryl methyl sites for hydroxylation is 2. The molecule has 0 radical (unpaired) electrons. The fourth-order valence-electron chi connectivity index (χ4n) is 2.01. The highest BCUT2D eigenvalue weighted by Crippen LogP contribution is 2.24. The van der Waals surface area contributed by atoms with E-state index in [1.807, 2.05) is 12.1 Å². The molecule has 1 aromatic rings. The van der Waals surface area contributed by atoms with Crippen LogP contribution in [0.25, 0.3) is 0 Å². The number of hydrogen-bond donors (Lipinski definition) is 0. The summed E-state index contributed by atoms with van der Waals surface area (Å²) >= 11 is 8.80. The van der Waals surface area contributed by atoms with E-state index in [-0.39, 0.29) is 5.78 Å². The Labute approximate surface area is 103 Å². The smallest absolute Gasteiger partial charge is 0.191 e. The van der Waals surface area contributed by atoms with Crippen LogP contribution in [-0.4, -0.2) is 10.1 Å². The Bertz CT molecular complexity index is 387. The number of halogens is 2. The molecule has 0 saturated carbocycles. The molecule has 1 nitrogen and oxygen atoms in total. The molecule has 0 N–H and O–H groups in total. The Morgan fingerprint density at radius 1 is 1.27 bits per heavy atom. The molecule has 0 saturated heterocycles. The molecule has 0 spiro atoms. The van der Waals surface area contributed by atoms with Gasteiger partial charge in [-0.1, -0.05) is 28.1 Å². The van der Waals surface area contributed by atoms with E-state index in [0.29, 0.717) is 5.56 Å². The van der Waals surface area contributed by atoms with Gasteiger partial charge in [0, 0.05) is 5.56 Å². The van der Waals surface area contributed by atoms with Gasteiger partial charge in [-0.05, 0) is 42.9 Å². The maximum atomic E-state index is 11.7. The molecule has 0 aliphatic heterocycles. The van der Waals surface area contributed by atoms with Crippen LogP contribution >= 0.6 is 27.5 Å². The van der Waals surface area contributed by atoms with Crippen LogP contribution in [0, 0.1) is 0 Å².